The van der Waals surface area contributed by atoms with Gasteiger partial charge in [-0.05, 0) is 60.9 Å². The topological polar surface area (TPSA) is 149 Å². The van der Waals surface area contributed by atoms with Crippen LogP contribution in [-0.2, 0) is 4.79 Å². The summed E-state index contributed by atoms with van der Waals surface area (Å²) in [6, 6.07) is 22.5. The molecule has 4 amide bonds. The Bertz CT molecular complexity index is 1210. The minimum absolute atomic E-state index is 0.0662. The maximum Gasteiger partial charge on any atom is 0.475 e. The Morgan fingerprint density at radius 2 is 1.41 bits per heavy atom. The van der Waals surface area contributed by atoms with Gasteiger partial charge in [0.1, 0.15) is 17.5 Å². The highest BCUT2D eigenvalue weighted by Gasteiger charge is 2.30. The zero-order valence-electron chi connectivity index (χ0n) is 21.8. The van der Waals surface area contributed by atoms with Crippen molar-refractivity contribution in [3.63, 3.8) is 0 Å². The molecule has 2 atom stereocenters. The number of para-hydroxylation sites is 2. The van der Waals surface area contributed by atoms with Crippen LogP contribution in [0.3, 0.4) is 0 Å². The minimum Gasteiger partial charge on any atom is -0.457 e. The first-order chi connectivity index (χ1) is 18.7. The molecule has 0 aliphatic rings. The molecule has 0 bridgehead atoms. The van der Waals surface area contributed by atoms with Gasteiger partial charge in [0.05, 0.1) is 5.94 Å². The lowest BCUT2D eigenvalue weighted by Crippen LogP contribution is -2.57. The van der Waals surface area contributed by atoms with Crippen molar-refractivity contribution in [1.82, 2.24) is 16.0 Å². The summed E-state index contributed by atoms with van der Waals surface area (Å²) in [6.07, 6.45) is 0.300. The normalized spacial score (nSPS) is 12.1. The van der Waals surface area contributed by atoms with Gasteiger partial charge in [0, 0.05) is 17.8 Å². The van der Waals surface area contributed by atoms with Crippen molar-refractivity contribution in [2.45, 2.75) is 32.3 Å². The molecule has 0 spiro atoms. The van der Waals surface area contributed by atoms with Crippen LogP contribution < -0.4 is 26.0 Å². The third-order valence-electron chi connectivity index (χ3n) is 5.63. The van der Waals surface area contributed by atoms with Crippen LogP contribution in [0, 0.1) is 5.92 Å². The fraction of sp³-hybridized carbons (Fsp3) is 0.250. The van der Waals surface area contributed by atoms with E-state index in [1.54, 1.807) is 60.7 Å². The first-order valence-corrected chi connectivity index (χ1v) is 12.6. The summed E-state index contributed by atoms with van der Waals surface area (Å²) in [6.45, 7) is 3.50. The number of urea groups is 1. The van der Waals surface area contributed by atoms with Crippen molar-refractivity contribution in [3.8, 4) is 11.5 Å². The minimum atomic E-state index is -1.79. The van der Waals surface area contributed by atoms with Crippen molar-refractivity contribution >= 4 is 30.7 Å². The Morgan fingerprint density at radius 3 is 2.00 bits per heavy atom. The Kier molecular flexibility index (Phi) is 10.9. The van der Waals surface area contributed by atoms with Gasteiger partial charge in [0.15, 0.2) is 0 Å². The molecule has 0 saturated carbocycles. The molecule has 3 rings (SSSR count). The maximum atomic E-state index is 13.1. The average Bonchev–Trinajstić information content (AvgIpc) is 2.91. The summed E-state index contributed by atoms with van der Waals surface area (Å²) in [5.41, 5.74) is 0.820. The third kappa shape index (κ3) is 9.80. The van der Waals surface area contributed by atoms with E-state index in [0.29, 0.717) is 23.6 Å². The summed E-state index contributed by atoms with van der Waals surface area (Å²) in [5, 5.41) is 29.9. The van der Waals surface area contributed by atoms with Crippen molar-refractivity contribution in [3.05, 3.63) is 90.5 Å². The van der Waals surface area contributed by atoms with Gasteiger partial charge in [0.2, 0.25) is 5.91 Å². The van der Waals surface area contributed by atoms with Crippen LogP contribution >= 0.6 is 0 Å². The number of carbonyl (C=O) groups excluding carboxylic acids is 3. The van der Waals surface area contributed by atoms with Gasteiger partial charge in [-0.2, -0.15) is 0 Å². The first kappa shape index (κ1) is 29.2. The van der Waals surface area contributed by atoms with Gasteiger partial charge in [0.25, 0.3) is 5.91 Å². The lowest BCUT2D eigenvalue weighted by atomic mass is 9.75. The maximum absolute atomic E-state index is 13.1. The highest BCUT2D eigenvalue weighted by molar-refractivity contribution is 6.43. The van der Waals surface area contributed by atoms with Crippen molar-refractivity contribution in [2.75, 3.05) is 11.9 Å². The van der Waals surface area contributed by atoms with Crippen LogP contribution in [0.25, 0.3) is 0 Å². The molecule has 0 fully saturated rings. The molecule has 3 aromatic rings. The molecule has 3 aromatic carbocycles. The fourth-order valence-corrected chi connectivity index (χ4v) is 3.69. The van der Waals surface area contributed by atoms with Crippen LogP contribution in [0.5, 0.6) is 11.5 Å². The Hall–Kier alpha value is -4.35. The number of nitrogens with one attached hydrogen (secondary N) is 4. The highest BCUT2D eigenvalue weighted by Crippen LogP contribution is 2.21. The summed E-state index contributed by atoms with van der Waals surface area (Å²) in [7, 11) is -1.79. The smallest absolute Gasteiger partial charge is 0.457 e. The number of hydrogen-bond donors (Lipinski definition) is 6. The van der Waals surface area contributed by atoms with E-state index in [9.17, 15) is 24.4 Å². The number of benzene rings is 3. The lowest BCUT2D eigenvalue weighted by Gasteiger charge is -2.24. The standard InChI is InChI=1S/C28H33BN4O6/c1-19(2)17-25(29(37)38)33-27(35)24(18-30-28(36)31-21-9-5-3-6-10-21)32-26(34)20-13-15-23(16-14-20)39-22-11-7-4-8-12-22/h3-16,19,24-25,37-38H,17-18H2,1-2H3,(H,32,34)(H,33,35)(H2,30,31,36)/t24-,25-/m0/s1. The quantitative estimate of drug-likeness (QED) is 0.198. The van der Waals surface area contributed by atoms with Crippen LogP contribution in [-0.4, -0.2) is 53.5 Å². The second-order valence-electron chi connectivity index (χ2n) is 9.32. The largest absolute Gasteiger partial charge is 0.475 e. The molecule has 0 heterocycles. The average molecular weight is 532 g/mol. The molecular formula is C28H33BN4O6. The van der Waals surface area contributed by atoms with E-state index in [1.165, 1.54) is 0 Å². The summed E-state index contributed by atoms with van der Waals surface area (Å²) in [4.78, 5) is 38.5. The number of anilines is 1. The van der Waals surface area contributed by atoms with E-state index < -0.39 is 36.9 Å². The monoisotopic (exact) mass is 532 g/mol. The third-order valence-corrected chi connectivity index (χ3v) is 5.63. The summed E-state index contributed by atoms with van der Waals surface area (Å²) >= 11 is 0. The van der Waals surface area contributed by atoms with Crippen molar-refractivity contribution in [1.29, 1.82) is 0 Å². The van der Waals surface area contributed by atoms with E-state index in [1.807, 2.05) is 38.1 Å². The first-order valence-electron chi connectivity index (χ1n) is 12.6. The van der Waals surface area contributed by atoms with E-state index in [4.69, 9.17) is 4.74 Å². The highest BCUT2D eigenvalue weighted by atomic mass is 16.5. The molecule has 204 valence electrons. The number of carbonyl (C=O) groups is 3. The second-order valence-corrected chi connectivity index (χ2v) is 9.32. The number of amides is 4. The van der Waals surface area contributed by atoms with E-state index in [-0.39, 0.29) is 18.0 Å². The second kappa shape index (κ2) is 14.6. The van der Waals surface area contributed by atoms with Gasteiger partial charge < -0.3 is 36.1 Å². The molecule has 39 heavy (non-hydrogen) atoms. The predicted molar refractivity (Wildman–Crippen MR) is 149 cm³/mol. The molecule has 0 aromatic heterocycles. The number of hydrogen-bond acceptors (Lipinski definition) is 6. The molecule has 10 nitrogen and oxygen atoms in total. The molecule has 0 saturated heterocycles. The van der Waals surface area contributed by atoms with Crippen molar-refractivity contribution in [2.24, 2.45) is 5.92 Å². The van der Waals surface area contributed by atoms with Crippen LogP contribution in [0.4, 0.5) is 10.5 Å². The Labute approximate surface area is 227 Å². The van der Waals surface area contributed by atoms with Crippen LogP contribution in [0.15, 0.2) is 84.9 Å². The molecule has 0 unspecified atom stereocenters. The van der Waals surface area contributed by atoms with Gasteiger partial charge in [-0.3, -0.25) is 9.59 Å². The Morgan fingerprint density at radius 1 is 0.821 bits per heavy atom. The molecular weight excluding hydrogens is 499 g/mol. The number of ether oxygens (including phenoxy) is 1. The van der Waals surface area contributed by atoms with E-state index in [0.717, 1.165) is 0 Å². The lowest BCUT2D eigenvalue weighted by molar-refractivity contribution is -0.123. The summed E-state index contributed by atoms with van der Waals surface area (Å²) in [5.74, 6) is -0.947. The summed E-state index contributed by atoms with van der Waals surface area (Å²) < 4.78 is 5.75. The molecule has 6 N–H and O–H groups in total. The molecule has 0 aliphatic carbocycles. The molecule has 0 aliphatic heterocycles. The predicted octanol–water partition coefficient (Wildman–Crippen LogP) is 2.94. The van der Waals surface area contributed by atoms with Gasteiger partial charge in [-0.25, -0.2) is 4.79 Å². The van der Waals surface area contributed by atoms with Crippen molar-refractivity contribution < 1.29 is 29.2 Å². The fourth-order valence-electron chi connectivity index (χ4n) is 3.69. The molecule has 11 heteroatoms. The number of rotatable bonds is 12. The zero-order valence-corrected chi connectivity index (χ0v) is 21.8. The van der Waals surface area contributed by atoms with Gasteiger partial charge >= 0.3 is 13.1 Å². The van der Waals surface area contributed by atoms with E-state index >= 15 is 0 Å². The SMILES string of the molecule is CC(C)C[C@H](NC(=O)[C@H](CNC(=O)Nc1ccccc1)NC(=O)c1ccc(Oc2ccccc2)cc1)B(O)O. The van der Waals surface area contributed by atoms with Crippen LogP contribution in [0.2, 0.25) is 0 Å². The zero-order chi connectivity index (χ0) is 28.2. The Balaban J connectivity index is 1.68. The van der Waals surface area contributed by atoms with Crippen LogP contribution in [0.1, 0.15) is 30.6 Å². The van der Waals surface area contributed by atoms with Gasteiger partial charge in [-0.15, -0.1) is 0 Å². The van der Waals surface area contributed by atoms with E-state index in [2.05, 4.69) is 21.3 Å². The molecule has 0 radical (unpaired) electrons. The van der Waals surface area contributed by atoms with Gasteiger partial charge in [-0.1, -0.05) is 50.2 Å².